The molecule has 1 aliphatic heterocycles. The molecule has 2 rings (SSSR count). The Morgan fingerprint density at radius 3 is 2.65 bits per heavy atom. The Morgan fingerprint density at radius 2 is 2.00 bits per heavy atom. The fourth-order valence-corrected chi connectivity index (χ4v) is 2.47. The van der Waals surface area contributed by atoms with Crippen LogP contribution in [0, 0.1) is 12.3 Å². The first-order chi connectivity index (χ1) is 8.20. The summed E-state index contributed by atoms with van der Waals surface area (Å²) in [5.41, 5.74) is 2.68. The summed E-state index contributed by atoms with van der Waals surface area (Å²) in [6.45, 7) is 5.04. The van der Waals surface area contributed by atoms with Gasteiger partial charge >= 0.3 is 0 Å². The van der Waals surface area contributed by atoms with Crippen LogP contribution in [0.15, 0.2) is 12.1 Å². The van der Waals surface area contributed by atoms with Gasteiger partial charge in [0.1, 0.15) is 5.75 Å². The molecule has 1 aromatic carbocycles. The number of rotatable bonds is 3. The second-order valence-corrected chi connectivity index (χ2v) is 4.84. The van der Waals surface area contributed by atoms with Crippen molar-refractivity contribution >= 4 is 6.21 Å². The van der Waals surface area contributed by atoms with Crippen LogP contribution in [0.1, 0.15) is 36.0 Å². The van der Waals surface area contributed by atoms with E-state index < -0.39 is 0 Å². The quantitative estimate of drug-likeness (QED) is 0.787. The van der Waals surface area contributed by atoms with Gasteiger partial charge in [-0.3, -0.25) is 4.90 Å². The predicted octanol–water partition coefficient (Wildman–Crippen LogP) is 2.68. The van der Waals surface area contributed by atoms with Crippen molar-refractivity contribution in [1.82, 2.24) is 4.90 Å². The van der Waals surface area contributed by atoms with E-state index in [-0.39, 0.29) is 5.75 Å². The van der Waals surface area contributed by atoms with Gasteiger partial charge in [0.25, 0.3) is 0 Å². The molecule has 0 spiro atoms. The van der Waals surface area contributed by atoms with Crippen molar-refractivity contribution in [2.75, 3.05) is 13.1 Å². The highest BCUT2D eigenvalue weighted by Crippen LogP contribution is 2.25. The van der Waals surface area contributed by atoms with Crippen LogP contribution in [0.4, 0.5) is 0 Å². The molecule has 0 atom stereocenters. The maximum atomic E-state index is 10.1. The summed E-state index contributed by atoms with van der Waals surface area (Å²) in [5.74, 6) is 0.274. The largest absolute Gasteiger partial charge is 0.507 e. The van der Waals surface area contributed by atoms with Gasteiger partial charge in [-0.05, 0) is 44.5 Å². The van der Waals surface area contributed by atoms with Crippen molar-refractivity contribution in [3.05, 3.63) is 28.8 Å². The van der Waals surface area contributed by atoms with E-state index in [1.54, 1.807) is 0 Å². The summed E-state index contributed by atoms with van der Waals surface area (Å²) in [7, 11) is 0. The van der Waals surface area contributed by atoms with Crippen LogP contribution < -0.4 is 0 Å². The van der Waals surface area contributed by atoms with E-state index in [1.165, 1.54) is 25.5 Å². The van der Waals surface area contributed by atoms with Crippen molar-refractivity contribution < 1.29 is 5.11 Å². The van der Waals surface area contributed by atoms with Gasteiger partial charge in [0.2, 0.25) is 0 Å². The summed E-state index contributed by atoms with van der Waals surface area (Å²) in [4.78, 5) is 2.38. The lowest BCUT2D eigenvalue weighted by Crippen LogP contribution is -2.29. The SMILES string of the molecule is Cc1cc(C=N)c(O)c(CN2CCCCC2)c1. The van der Waals surface area contributed by atoms with Gasteiger partial charge in [-0.2, -0.15) is 0 Å². The number of phenols is 1. The van der Waals surface area contributed by atoms with E-state index in [0.29, 0.717) is 5.56 Å². The molecule has 92 valence electrons. The molecule has 1 fully saturated rings. The Hall–Kier alpha value is -1.35. The molecule has 0 saturated carbocycles. The lowest BCUT2D eigenvalue weighted by molar-refractivity contribution is 0.218. The predicted molar refractivity (Wildman–Crippen MR) is 69.9 cm³/mol. The second-order valence-electron chi connectivity index (χ2n) is 4.84. The van der Waals surface area contributed by atoms with Crippen LogP contribution in [-0.2, 0) is 6.54 Å². The first kappa shape index (κ1) is 12.1. The Morgan fingerprint density at radius 1 is 1.29 bits per heavy atom. The van der Waals surface area contributed by atoms with Crippen LogP contribution in [0.2, 0.25) is 0 Å². The molecule has 0 aromatic heterocycles. The highest BCUT2D eigenvalue weighted by atomic mass is 16.3. The number of phenolic OH excluding ortho intramolecular Hbond substituents is 1. The van der Waals surface area contributed by atoms with E-state index in [0.717, 1.165) is 30.8 Å². The normalized spacial score (nSPS) is 17.0. The molecule has 1 heterocycles. The fourth-order valence-electron chi connectivity index (χ4n) is 2.47. The first-order valence-corrected chi connectivity index (χ1v) is 6.26. The Balaban J connectivity index is 2.19. The molecule has 1 aromatic rings. The van der Waals surface area contributed by atoms with Crippen molar-refractivity contribution in [2.45, 2.75) is 32.7 Å². The zero-order valence-corrected chi connectivity index (χ0v) is 10.4. The number of aromatic hydroxyl groups is 1. The Kier molecular flexibility index (Phi) is 3.79. The molecule has 3 nitrogen and oxygen atoms in total. The lowest BCUT2D eigenvalue weighted by Gasteiger charge is -2.27. The fraction of sp³-hybridized carbons (Fsp3) is 0.500. The van der Waals surface area contributed by atoms with E-state index in [1.807, 2.05) is 19.1 Å². The third kappa shape index (κ3) is 2.86. The molecule has 17 heavy (non-hydrogen) atoms. The molecule has 0 radical (unpaired) electrons. The summed E-state index contributed by atoms with van der Waals surface area (Å²) in [5, 5.41) is 17.4. The number of hydrogen-bond acceptors (Lipinski definition) is 3. The maximum absolute atomic E-state index is 10.1. The Bertz CT molecular complexity index is 409. The molecule has 1 aliphatic rings. The van der Waals surface area contributed by atoms with Crippen LogP contribution in [0.25, 0.3) is 0 Å². The molecular formula is C14H20N2O. The second kappa shape index (κ2) is 5.32. The number of aryl methyl sites for hydroxylation is 1. The number of nitrogens with zero attached hydrogens (tertiary/aromatic N) is 1. The summed E-state index contributed by atoms with van der Waals surface area (Å²) in [6, 6.07) is 3.87. The highest BCUT2D eigenvalue weighted by molar-refractivity contribution is 5.82. The van der Waals surface area contributed by atoms with E-state index in [4.69, 9.17) is 5.41 Å². The monoisotopic (exact) mass is 232 g/mol. The lowest BCUT2D eigenvalue weighted by atomic mass is 10.0. The number of hydrogen-bond donors (Lipinski definition) is 2. The summed E-state index contributed by atoms with van der Waals surface area (Å²) < 4.78 is 0. The molecule has 0 bridgehead atoms. The van der Waals surface area contributed by atoms with Crippen LogP contribution in [0.5, 0.6) is 5.75 Å². The maximum Gasteiger partial charge on any atom is 0.128 e. The van der Waals surface area contributed by atoms with Crippen LogP contribution in [-0.4, -0.2) is 29.3 Å². The molecule has 0 amide bonds. The molecule has 0 unspecified atom stereocenters. The van der Waals surface area contributed by atoms with E-state index in [9.17, 15) is 5.11 Å². The minimum absolute atomic E-state index is 0.274. The minimum atomic E-state index is 0.274. The molecule has 3 heteroatoms. The molecular weight excluding hydrogens is 212 g/mol. The van der Waals surface area contributed by atoms with Gasteiger partial charge in [-0.15, -0.1) is 0 Å². The third-order valence-corrected chi connectivity index (χ3v) is 3.36. The molecule has 2 N–H and O–H groups in total. The van der Waals surface area contributed by atoms with Gasteiger partial charge in [0.15, 0.2) is 0 Å². The van der Waals surface area contributed by atoms with Gasteiger partial charge in [0.05, 0.1) is 0 Å². The van der Waals surface area contributed by atoms with Crippen LogP contribution in [0.3, 0.4) is 0 Å². The number of nitrogens with one attached hydrogen (secondary N) is 1. The topological polar surface area (TPSA) is 47.3 Å². The van der Waals surface area contributed by atoms with Gasteiger partial charge < -0.3 is 10.5 Å². The number of benzene rings is 1. The van der Waals surface area contributed by atoms with E-state index >= 15 is 0 Å². The van der Waals surface area contributed by atoms with Gasteiger partial charge in [0, 0.05) is 23.9 Å². The highest BCUT2D eigenvalue weighted by Gasteiger charge is 2.14. The van der Waals surface area contributed by atoms with Gasteiger partial charge in [-0.1, -0.05) is 12.5 Å². The Labute approximate surface area is 103 Å². The zero-order chi connectivity index (χ0) is 12.3. The molecule has 1 saturated heterocycles. The van der Waals surface area contributed by atoms with Gasteiger partial charge in [-0.25, -0.2) is 0 Å². The smallest absolute Gasteiger partial charge is 0.128 e. The first-order valence-electron chi connectivity index (χ1n) is 6.26. The van der Waals surface area contributed by atoms with E-state index in [2.05, 4.69) is 4.90 Å². The zero-order valence-electron chi connectivity index (χ0n) is 10.4. The number of likely N-dealkylation sites (tertiary alicyclic amines) is 1. The molecule has 0 aliphatic carbocycles. The summed E-state index contributed by atoms with van der Waals surface area (Å²) >= 11 is 0. The number of piperidine rings is 1. The third-order valence-electron chi connectivity index (χ3n) is 3.36. The standard InChI is InChI=1S/C14H20N2O/c1-11-7-12(9-15)14(17)13(8-11)10-16-5-3-2-4-6-16/h7-9,15,17H,2-6,10H2,1H3. The van der Waals surface area contributed by atoms with Crippen molar-refractivity contribution in [3.8, 4) is 5.75 Å². The van der Waals surface area contributed by atoms with Crippen LogP contribution >= 0.6 is 0 Å². The van der Waals surface area contributed by atoms with Crippen molar-refractivity contribution in [1.29, 1.82) is 5.41 Å². The van der Waals surface area contributed by atoms with Crippen molar-refractivity contribution in [3.63, 3.8) is 0 Å². The average Bonchev–Trinajstić information content (AvgIpc) is 2.34. The van der Waals surface area contributed by atoms with Crippen molar-refractivity contribution in [2.24, 2.45) is 0 Å². The minimum Gasteiger partial charge on any atom is -0.507 e. The average molecular weight is 232 g/mol. The summed E-state index contributed by atoms with van der Waals surface area (Å²) in [6.07, 6.45) is 5.05.